The average Bonchev–Trinajstić information content (AvgIpc) is 2.88. The Morgan fingerprint density at radius 3 is 2.82 bits per heavy atom. The molecule has 2 atom stereocenters. The zero-order chi connectivity index (χ0) is 23.5. The number of piperidine rings is 1. The summed E-state index contributed by atoms with van der Waals surface area (Å²) in [6, 6.07) is 11.5. The molecule has 2 N–H and O–H groups in total. The van der Waals surface area contributed by atoms with Crippen LogP contribution in [0.5, 0.6) is 17.4 Å². The largest absolute Gasteiger partial charge is 0.486 e. The zero-order valence-electron chi connectivity index (χ0n) is 19.4. The third-order valence-electron chi connectivity index (χ3n) is 6.39. The van der Waals surface area contributed by atoms with Crippen molar-refractivity contribution in [2.45, 2.75) is 31.5 Å². The van der Waals surface area contributed by atoms with E-state index in [4.69, 9.17) is 14.2 Å². The SMILES string of the molecule is COc1ccc2nccc(NC(=O)[C@@H]3CCC(N(C)Cc4ccc5c(c4)OCCO5)CN3)c2n1. The maximum Gasteiger partial charge on any atom is 0.241 e. The van der Waals surface area contributed by atoms with E-state index in [9.17, 15) is 4.79 Å². The van der Waals surface area contributed by atoms with Crippen molar-refractivity contribution < 1.29 is 19.0 Å². The van der Waals surface area contributed by atoms with E-state index in [0.717, 1.165) is 37.4 Å². The van der Waals surface area contributed by atoms with Gasteiger partial charge in [-0.3, -0.25) is 14.7 Å². The minimum atomic E-state index is -0.257. The molecule has 0 aliphatic carbocycles. The Balaban J connectivity index is 1.17. The number of rotatable bonds is 6. The number of amides is 1. The minimum Gasteiger partial charge on any atom is -0.486 e. The van der Waals surface area contributed by atoms with Gasteiger partial charge in [-0.25, -0.2) is 4.98 Å². The molecule has 2 aromatic heterocycles. The third kappa shape index (κ3) is 4.76. The fraction of sp³-hybridized carbons (Fsp3) is 0.400. The van der Waals surface area contributed by atoms with Crippen molar-refractivity contribution in [2.24, 2.45) is 0 Å². The van der Waals surface area contributed by atoms with E-state index in [1.165, 1.54) is 5.56 Å². The van der Waals surface area contributed by atoms with Crippen LogP contribution >= 0.6 is 0 Å². The molecule has 0 bridgehead atoms. The van der Waals surface area contributed by atoms with Crippen LogP contribution in [-0.4, -0.2) is 66.8 Å². The van der Waals surface area contributed by atoms with E-state index >= 15 is 0 Å². The van der Waals surface area contributed by atoms with Gasteiger partial charge in [-0.05, 0) is 49.7 Å². The van der Waals surface area contributed by atoms with Crippen LogP contribution in [0.2, 0.25) is 0 Å². The molecular weight excluding hydrogens is 434 g/mol. The fourth-order valence-corrected chi connectivity index (χ4v) is 4.49. The van der Waals surface area contributed by atoms with Crippen molar-refractivity contribution in [1.82, 2.24) is 20.2 Å². The molecule has 9 heteroatoms. The third-order valence-corrected chi connectivity index (χ3v) is 6.39. The van der Waals surface area contributed by atoms with Crippen molar-refractivity contribution in [3.05, 3.63) is 48.2 Å². The van der Waals surface area contributed by atoms with Crippen molar-refractivity contribution in [3.8, 4) is 17.4 Å². The minimum absolute atomic E-state index is 0.0648. The highest BCUT2D eigenvalue weighted by Gasteiger charge is 2.28. The van der Waals surface area contributed by atoms with E-state index in [-0.39, 0.29) is 11.9 Å². The van der Waals surface area contributed by atoms with Gasteiger partial charge in [0.2, 0.25) is 11.8 Å². The molecule has 1 saturated heterocycles. The Hall–Kier alpha value is -3.43. The summed E-state index contributed by atoms with van der Waals surface area (Å²) in [5.41, 5.74) is 3.13. The van der Waals surface area contributed by atoms with E-state index in [2.05, 4.69) is 44.7 Å². The van der Waals surface area contributed by atoms with Gasteiger partial charge < -0.3 is 24.8 Å². The molecule has 2 aliphatic rings. The number of likely N-dealkylation sites (N-methyl/N-ethyl adjacent to an activating group) is 1. The summed E-state index contributed by atoms with van der Waals surface area (Å²) >= 11 is 0. The number of carbonyl (C=O) groups is 1. The average molecular weight is 464 g/mol. The van der Waals surface area contributed by atoms with Crippen LogP contribution in [0.3, 0.4) is 0 Å². The highest BCUT2D eigenvalue weighted by Crippen LogP contribution is 2.31. The molecule has 0 spiro atoms. The van der Waals surface area contributed by atoms with E-state index in [0.29, 0.717) is 41.9 Å². The van der Waals surface area contributed by atoms with Gasteiger partial charge in [-0.1, -0.05) is 6.07 Å². The highest BCUT2D eigenvalue weighted by molar-refractivity contribution is 6.01. The Labute approximate surface area is 198 Å². The molecular formula is C25H29N5O4. The molecule has 1 unspecified atom stereocenters. The molecule has 178 valence electrons. The summed E-state index contributed by atoms with van der Waals surface area (Å²) in [4.78, 5) is 24.1. The first kappa shape index (κ1) is 22.4. The molecule has 9 nitrogen and oxygen atoms in total. The van der Waals surface area contributed by atoms with Crippen LogP contribution in [0.1, 0.15) is 18.4 Å². The lowest BCUT2D eigenvalue weighted by Crippen LogP contribution is -2.52. The maximum atomic E-state index is 13.0. The standard InChI is InChI=1S/C25H29N5O4/c1-30(15-16-3-7-21-22(13-16)34-12-11-33-21)17-4-5-20(27-14-17)25(31)28-19-9-10-26-18-6-8-23(32-2)29-24(18)19/h3,6-10,13,17,20,27H,4-5,11-12,14-15H2,1-2H3,(H,26,28,31)/t17?,20-/m0/s1. The monoisotopic (exact) mass is 463 g/mol. The number of hydrogen-bond acceptors (Lipinski definition) is 8. The van der Waals surface area contributed by atoms with E-state index in [1.54, 1.807) is 25.4 Å². The first-order valence-electron chi connectivity index (χ1n) is 11.5. The number of ether oxygens (including phenoxy) is 3. The number of anilines is 1. The second kappa shape index (κ2) is 9.82. The summed E-state index contributed by atoms with van der Waals surface area (Å²) in [5, 5.41) is 6.44. The maximum absolute atomic E-state index is 13.0. The number of hydrogen-bond donors (Lipinski definition) is 2. The van der Waals surface area contributed by atoms with Gasteiger partial charge in [0.25, 0.3) is 0 Å². The molecule has 1 aromatic carbocycles. The molecule has 0 radical (unpaired) electrons. The Kier molecular flexibility index (Phi) is 6.46. The predicted octanol–water partition coefficient (Wildman–Crippen LogP) is 2.60. The topological polar surface area (TPSA) is 97.8 Å². The number of pyridine rings is 2. The first-order valence-corrected chi connectivity index (χ1v) is 11.5. The molecule has 0 saturated carbocycles. The second-order valence-corrected chi connectivity index (χ2v) is 8.65. The smallest absolute Gasteiger partial charge is 0.241 e. The van der Waals surface area contributed by atoms with Gasteiger partial charge in [-0.2, -0.15) is 0 Å². The highest BCUT2D eigenvalue weighted by atomic mass is 16.6. The van der Waals surface area contributed by atoms with Crippen molar-refractivity contribution in [1.29, 1.82) is 0 Å². The van der Waals surface area contributed by atoms with E-state index in [1.807, 2.05) is 12.1 Å². The summed E-state index contributed by atoms with van der Waals surface area (Å²) in [7, 11) is 3.68. The second-order valence-electron chi connectivity index (χ2n) is 8.65. The molecule has 4 heterocycles. The van der Waals surface area contributed by atoms with Gasteiger partial charge in [0.05, 0.1) is 24.4 Å². The normalized spacial score (nSPS) is 19.7. The van der Waals surface area contributed by atoms with E-state index < -0.39 is 0 Å². The van der Waals surface area contributed by atoms with Crippen LogP contribution in [0, 0.1) is 0 Å². The predicted molar refractivity (Wildman–Crippen MR) is 128 cm³/mol. The molecule has 5 rings (SSSR count). The number of nitrogens with zero attached hydrogens (tertiary/aromatic N) is 3. The van der Waals surface area contributed by atoms with Crippen LogP contribution in [0.4, 0.5) is 5.69 Å². The number of carbonyl (C=O) groups excluding carboxylic acids is 1. The van der Waals surface area contributed by atoms with Crippen molar-refractivity contribution >= 4 is 22.6 Å². The molecule has 2 aliphatic heterocycles. The summed E-state index contributed by atoms with van der Waals surface area (Å²) in [6.07, 6.45) is 3.35. The number of fused-ring (bicyclic) bond motifs is 2. The quantitative estimate of drug-likeness (QED) is 0.576. The molecule has 34 heavy (non-hydrogen) atoms. The first-order chi connectivity index (χ1) is 16.6. The lowest BCUT2D eigenvalue weighted by Gasteiger charge is -2.35. The lowest BCUT2D eigenvalue weighted by molar-refractivity contribution is -0.118. The Morgan fingerprint density at radius 2 is 2.03 bits per heavy atom. The van der Waals surface area contributed by atoms with Crippen LogP contribution in [0.15, 0.2) is 42.6 Å². The fourth-order valence-electron chi connectivity index (χ4n) is 4.49. The number of benzene rings is 1. The van der Waals surface area contributed by atoms with Crippen molar-refractivity contribution in [3.63, 3.8) is 0 Å². The van der Waals surface area contributed by atoms with Gasteiger partial charge in [-0.15, -0.1) is 0 Å². The molecule has 1 amide bonds. The Morgan fingerprint density at radius 1 is 1.18 bits per heavy atom. The lowest BCUT2D eigenvalue weighted by atomic mass is 9.98. The van der Waals surface area contributed by atoms with Crippen LogP contribution in [-0.2, 0) is 11.3 Å². The summed E-state index contributed by atoms with van der Waals surface area (Å²) in [5.74, 6) is 2.04. The number of methoxy groups -OCH3 is 1. The van der Waals surface area contributed by atoms with Gasteiger partial charge in [0.15, 0.2) is 11.5 Å². The number of nitrogens with one attached hydrogen (secondary N) is 2. The summed E-state index contributed by atoms with van der Waals surface area (Å²) in [6.45, 7) is 2.72. The van der Waals surface area contributed by atoms with Crippen LogP contribution in [0.25, 0.3) is 11.0 Å². The summed E-state index contributed by atoms with van der Waals surface area (Å²) < 4.78 is 16.5. The molecule has 3 aromatic rings. The van der Waals surface area contributed by atoms with Gasteiger partial charge in [0, 0.05) is 31.4 Å². The van der Waals surface area contributed by atoms with Gasteiger partial charge in [0.1, 0.15) is 18.7 Å². The molecule has 1 fully saturated rings. The number of aromatic nitrogens is 2. The Bertz CT molecular complexity index is 1180. The van der Waals surface area contributed by atoms with Crippen LogP contribution < -0.4 is 24.8 Å². The zero-order valence-corrected chi connectivity index (χ0v) is 19.4. The van der Waals surface area contributed by atoms with Crippen molar-refractivity contribution in [2.75, 3.05) is 39.2 Å². The van der Waals surface area contributed by atoms with Gasteiger partial charge >= 0.3 is 0 Å².